The molecule has 4 rings (SSSR count). The molecule has 2 aromatic carbocycles. The van der Waals surface area contributed by atoms with E-state index >= 15 is 0 Å². The van der Waals surface area contributed by atoms with Crippen LogP contribution in [0.2, 0.25) is 0 Å². The molecule has 164 valence electrons. The number of rotatable bonds is 6. The summed E-state index contributed by atoms with van der Waals surface area (Å²) in [4.78, 5) is 39.1. The van der Waals surface area contributed by atoms with Crippen LogP contribution in [0, 0.1) is 13.8 Å². The molecule has 8 heteroatoms. The van der Waals surface area contributed by atoms with Gasteiger partial charge in [-0.25, -0.2) is 4.79 Å². The third-order valence-corrected chi connectivity index (χ3v) is 6.38. The van der Waals surface area contributed by atoms with Crippen LogP contribution in [0.15, 0.2) is 63.5 Å². The first-order valence-electron chi connectivity index (χ1n) is 10.1. The Morgan fingerprint density at radius 2 is 1.84 bits per heavy atom. The van der Waals surface area contributed by atoms with E-state index in [2.05, 4.69) is 5.32 Å². The summed E-state index contributed by atoms with van der Waals surface area (Å²) in [5, 5.41) is 4.63. The molecule has 0 aliphatic carbocycles. The molecule has 2 aromatic heterocycles. The Labute approximate surface area is 188 Å². The van der Waals surface area contributed by atoms with Crippen molar-refractivity contribution in [1.82, 2.24) is 9.13 Å². The summed E-state index contributed by atoms with van der Waals surface area (Å²) in [5.41, 5.74) is 3.06. The standard InChI is InChI=1S/C24H23N3O4S/c1-15-6-4-9-19(16(15)2)25-21(28)14-26-20-10-11-32-22(20)23(29)27(24(26)30)13-17-7-5-8-18(12-17)31-3/h4-12H,13-14H2,1-3H3,(H,25,28). The highest BCUT2D eigenvalue weighted by molar-refractivity contribution is 7.17. The van der Waals surface area contributed by atoms with Crippen LogP contribution >= 0.6 is 11.3 Å². The molecule has 1 N–H and O–H groups in total. The average Bonchev–Trinajstić information content (AvgIpc) is 3.27. The molecule has 4 aromatic rings. The molecular formula is C24H23N3O4S. The van der Waals surface area contributed by atoms with Gasteiger partial charge < -0.3 is 10.1 Å². The van der Waals surface area contributed by atoms with Crippen LogP contribution in [0.25, 0.3) is 10.2 Å². The summed E-state index contributed by atoms with van der Waals surface area (Å²) in [6.07, 6.45) is 0. The second-order valence-electron chi connectivity index (χ2n) is 7.54. The van der Waals surface area contributed by atoms with Gasteiger partial charge in [-0.1, -0.05) is 24.3 Å². The van der Waals surface area contributed by atoms with Crippen molar-refractivity contribution in [2.24, 2.45) is 0 Å². The third-order valence-electron chi connectivity index (χ3n) is 5.49. The van der Waals surface area contributed by atoms with Gasteiger partial charge in [0.2, 0.25) is 5.91 Å². The summed E-state index contributed by atoms with van der Waals surface area (Å²) >= 11 is 1.26. The minimum atomic E-state index is -0.528. The molecule has 0 fully saturated rings. The van der Waals surface area contributed by atoms with Crippen molar-refractivity contribution in [3.63, 3.8) is 0 Å². The molecule has 2 heterocycles. The fourth-order valence-electron chi connectivity index (χ4n) is 3.60. The van der Waals surface area contributed by atoms with Gasteiger partial charge in [0.05, 0.1) is 19.2 Å². The van der Waals surface area contributed by atoms with Crippen LogP contribution in [-0.2, 0) is 17.9 Å². The number of nitrogens with zero attached hydrogens (tertiary/aromatic N) is 2. The number of carbonyl (C=O) groups excluding carboxylic acids is 1. The zero-order chi connectivity index (χ0) is 22.8. The number of carbonyl (C=O) groups is 1. The van der Waals surface area contributed by atoms with Crippen molar-refractivity contribution >= 4 is 33.1 Å². The minimum absolute atomic E-state index is 0.0846. The lowest BCUT2D eigenvalue weighted by molar-refractivity contribution is -0.116. The van der Waals surface area contributed by atoms with Gasteiger partial charge in [0.1, 0.15) is 17.0 Å². The lowest BCUT2D eigenvalue weighted by Crippen LogP contribution is -2.41. The highest BCUT2D eigenvalue weighted by Gasteiger charge is 2.17. The van der Waals surface area contributed by atoms with Gasteiger partial charge in [0.25, 0.3) is 5.56 Å². The molecule has 0 saturated heterocycles. The molecule has 0 aliphatic rings. The zero-order valence-electron chi connectivity index (χ0n) is 18.0. The number of methoxy groups -OCH3 is 1. The Hall–Kier alpha value is -3.65. The van der Waals surface area contributed by atoms with E-state index in [0.29, 0.717) is 21.7 Å². The number of fused-ring (bicyclic) bond motifs is 1. The minimum Gasteiger partial charge on any atom is -0.497 e. The number of thiophene rings is 1. The number of hydrogen-bond acceptors (Lipinski definition) is 5. The van der Waals surface area contributed by atoms with E-state index in [-0.39, 0.29) is 24.6 Å². The quantitative estimate of drug-likeness (QED) is 0.488. The van der Waals surface area contributed by atoms with Crippen molar-refractivity contribution in [3.05, 3.63) is 91.4 Å². The van der Waals surface area contributed by atoms with Crippen LogP contribution in [0.3, 0.4) is 0 Å². The van der Waals surface area contributed by atoms with Gasteiger partial charge in [0, 0.05) is 5.69 Å². The number of aryl methyl sites for hydroxylation is 1. The van der Waals surface area contributed by atoms with Crippen molar-refractivity contribution in [3.8, 4) is 5.75 Å². The number of nitrogens with one attached hydrogen (secondary N) is 1. The summed E-state index contributed by atoms with van der Waals surface area (Å²) in [6, 6.07) is 14.6. The van der Waals surface area contributed by atoms with E-state index < -0.39 is 5.69 Å². The van der Waals surface area contributed by atoms with Crippen LogP contribution in [-0.4, -0.2) is 22.2 Å². The maximum absolute atomic E-state index is 13.3. The van der Waals surface area contributed by atoms with Crippen molar-refractivity contribution in [2.45, 2.75) is 26.9 Å². The Morgan fingerprint density at radius 1 is 1.06 bits per heavy atom. The van der Waals surface area contributed by atoms with Gasteiger partial charge in [-0.05, 0) is 60.2 Å². The Bertz CT molecular complexity index is 1430. The molecule has 0 saturated carbocycles. The summed E-state index contributed by atoms with van der Waals surface area (Å²) in [7, 11) is 1.56. The average molecular weight is 450 g/mol. The number of anilines is 1. The SMILES string of the molecule is COc1cccc(Cn2c(=O)c3sccc3n(CC(=O)Nc3cccc(C)c3C)c2=O)c1. The number of ether oxygens (including phenoxy) is 1. The fourth-order valence-corrected chi connectivity index (χ4v) is 4.44. The highest BCUT2D eigenvalue weighted by Crippen LogP contribution is 2.19. The Kier molecular flexibility index (Phi) is 5.96. The molecule has 32 heavy (non-hydrogen) atoms. The molecule has 0 spiro atoms. The third kappa shape index (κ3) is 4.09. The first kappa shape index (κ1) is 21.6. The number of aromatic nitrogens is 2. The van der Waals surface area contributed by atoms with E-state index in [4.69, 9.17) is 4.74 Å². The van der Waals surface area contributed by atoms with E-state index in [9.17, 15) is 14.4 Å². The van der Waals surface area contributed by atoms with Crippen molar-refractivity contribution in [1.29, 1.82) is 0 Å². The highest BCUT2D eigenvalue weighted by atomic mass is 32.1. The van der Waals surface area contributed by atoms with Gasteiger partial charge in [-0.15, -0.1) is 11.3 Å². The van der Waals surface area contributed by atoms with E-state index in [0.717, 1.165) is 16.7 Å². The zero-order valence-corrected chi connectivity index (χ0v) is 18.9. The second-order valence-corrected chi connectivity index (χ2v) is 8.46. The first-order valence-corrected chi connectivity index (χ1v) is 11.0. The number of benzene rings is 2. The molecule has 0 radical (unpaired) electrons. The van der Waals surface area contributed by atoms with Gasteiger partial charge in [-0.2, -0.15) is 0 Å². The van der Waals surface area contributed by atoms with Crippen LogP contribution in [0.4, 0.5) is 5.69 Å². The largest absolute Gasteiger partial charge is 0.497 e. The predicted octanol–water partition coefficient (Wildman–Crippen LogP) is 3.54. The number of hydrogen-bond donors (Lipinski definition) is 1. The smallest absolute Gasteiger partial charge is 0.332 e. The van der Waals surface area contributed by atoms with E-state index in [1.807, 2.05) is 38.1 Å². The Balaban J connectivity index is 1.72. The van der Waals surface area contributed by atoms with Crippen LogP contribution < -0.4 is 21.3 Å². The van der Waals surface area contributed by atoms with Gasteiger partial charge in [-0.3, -0.25) is 18.7 Å². The van der Waals surface area contributed by atoms with E-state index in [1.54, 1.807) is 36.8 Å². The summed E-state index contributed by atoms with van der Waals surface area (Å²) in [5.74, 6) is 0.306. The molecule has 7 nitrogen and oxygen atoms in total. The molecule has 0 unspecified atom stereocenters. The molecular weight excluding hydrogens is 426 g/mol. The fraction of sp³-hybridized carbons (Fsp3) is 0.208. The topological polar surface area (TPSA) is 82.3 Å². The van der Waals surface area contributed by atoms with Crippen LogP contribution in [0.1, 0.15) is 16.7 Å². The van der Waals surface area contributed by atoms with Crippen LogP contribution in [0.5, 0.6) is 5.75 Å². The van der Waals surface area contributed by atoms with Gasteiger partial charge >= 0.3 is 5.69 Å². The maximum Gasteiger partial charge on any atom is 0.332 e. The lowest BCUT2D eigenvalue weighted by Gasteiger charge is -2.14. The lowest BCUT2D eigenvalue weighted by atomic mass is 10.1. The molecule has 0 aliphatic heterocycles. The molecule has 0 bridgehead atoms. The first-order chi connectivity index (χ1) is 15.4. The Morgan fingerprint density at radius 3 is 2.62 bits per heavy atom. The van der Waals surface area contributed by atoms with Gasteiger partial charge in [0.15, 0.2) is 0 Å². The normalized spacial score (nSPS) is 11.0. The summed E-state index contributed by atoms with van der Waals surface area (Å²) < 4.78 is 8.20. The van der Waals surface area contributed by atoms with Crippen molar-refractivity contribution < 1.29 is 9.53 Å². The predicted molar refractivity (Wildman–Crippen MR) is 127 cm³/mol. The molecule has 0 atom stereocenters. The molecule has 1 amide bonds. The monoisotopic (exact) mass is 449 g/mol. The number of amides is 1. The van der Waals surface area contributed by atoms with E-state index in [1.165, 1.54) is 20.5 Å². The second kappa shape index (κ2) is 8.84. The van der Waals surface area contributed by atoms with Crippen molar-refractivity contribution in [2.75, 3.05) is 12.4 Å². The maximum atomic E-state index is 13.3. The summed E-state index contributed by atoms with van der Waals surface area (Å²) in [6.45, 7) is 3.79.